The molecule has 0 bridgehead atoms. The Hall–Kier alpha value is -3.41. The molecule has 0 rings (SSSR count). The monoisotopic (exact) mass is 1100 g/mol. The second-order valence-corrected chi connectivity index (χ2v) is 22.7. The van der Waals surface area contributed by atoms with Crippen LogP contribution in [0.1, 0.15) is 342 Å². The minimum absolute atomic E-state index is 0.0965. The van der Waals surface area contributed by atoms with E-state index in [-0.39, 0.29) is 37.5 Å². The molecule has 79 heavy (non-hydrogen) atoms. The Labute approximate surface area is 490 Å². The lowest BCUT2D eigenvalue weighted by Crippen LogP contribution is -2.30. The Morgan fingerprint density at radius 1 is 0.266 bits per heavy atom. The van der Waals surface area contributed by atoms with Crippen molar-refractivity contribution < 1.29 is 28.6 Å². The average Bonchev–Trinajstić information content (AvgIpc) is 3.45. The fourth-order valence-corrected chi connectivity index (χ4v) is 9.82. The highest BCUT2D eigenvalue weighted by atomic mass is 16.6. The first-order valence-electron chi connectivity index (χ1n) is 34.1. The molecule has 0 aromatic heterocycles. The van der Waals surface area contributed by atoms with Crippen molar-refractivity contribution in [3.63, 3.8) is 0 Å². The Morgan fingerprint density at radius 2 is 0.519 bits per heavy atom. The van der Waals surface area contributed by atoms with Crippen LogP contribution in [-0.4, -0.2) is 37.2 Å². The molecule has 0 aliphatic heterocycles. The normalized spacial score (nSPS) is 12.6. The van der Waals surface area contributed by atoms with Gasteiger partial charge in [-0.2, -0.15) is 0 Å². The molecule has 0 N–H and O–H groups in total. The minimum atomic E-state index is -0.806. The summed E-state index contributed by atoms with van der Waals surface area (Å²) in [5, 5.41) is 0. The van der Waals surface area contributed by atoms with E-state index in [2.05, 4.69) is 99.8 Å². The third-order valence-electron chi connectivity index (χ3n) is 14.9. The second-order valence-electron chi connectivity index (χ2n) is 22.7. The first-order chi connectivity index (χ1) is 39.0. The van der Waals surface area contributed by atoms with E-state index in [1.165, 1.54) is 218 Å². The summed E-state index contributed by atoms with van der Waals surface area (Å²) in [4.78, 5) is 38.3. The molecule has 0 amide bonds. The summed E-state index contributed by atoms with van der Waals surface area (Å²) in [6.07, 6.45) is 89.1. The first-order valence-corrected chi connectivity index (χ1v) is 34.1. The molecule has 0 heterocycles. The molecule has 0 aliphatic carbocycles. The van der Waals surface area contributed by atoms with Crippen molar-refractivity contribution in [3.8, 4) is 0 Å². The predicted molar refractivity (Wildman–Crippen MR) is 344 cm³/mol. The molecule has 0 fully saturated rings. The van der Waals surface area contributed by atoms with Gasteiger partial charge in [0.05, 0.1) is 0 Å². The molecule has 0 saturated heterocycles. The number of hydrogen-bond donors (Lipinski definition) is 0. The zero-order chi connectivity index (χ0) is 57.1. The van der Waals surface area contributed by atoms with Gasteiger partial charge >= 0.3 is 17.9 Å². The summed E-state index contributed by atoms with van der Waals surface area (Å²) in [6.45, 7) is 6.49. The van der Waals surface area contributed by atoms with Gasteiger partial charge in [0.1, 0.15) is 13.2 Å². The molecule has 6 heteroatoms. The van der Waals surface area contributed by atoms with Gasteiger partial charge in [-0.15, -0.1) is 0 Å². The second kappa shape index (κ2) is 67.1. The van der Waals surface area contributed by atoms with Crippen LogP contribution >= 0.6 is 0 Å². The van der Waals surface area contributed by atoms with Crippen LogP contribution in [0, 0.1) is 0 Å². The van der Waals surface area contributed by atoms with Crippen LogP contribution in [0.4, 0.5) is 0 Å². The lowest BCUT2D eigenvalue weighted by Gasteiger charge is -2.18. The van der Waals surface area contributed by atoms with E-state index in [9.17, 15) is 14.4 Å². The SMILES string of the molecule is CC/C=C\C/C=C\C/C=C\C/C=C\CCC(=O)OCC(COC(=O)CCCCCCCCCCCCCC/C=C\C/C=C\C/C=C\CCCCCCC)OC(=O)CCCCCCCCCCCCCCCCCCCCCCC. The lowest BCUT2D eigenvalue weighted by atomic mass is 10.0. The highest BCUT2D eigenvalue weighted by molar-refractivity contribution is 5.71. The maximum Gasteiger partial charge on any atom is 0.306 e. The van der Waals surface area contributed by atoms with Crippen molar-refractivity contribution in [2.75, 3.05) is 13.2 Å². The van der Waals surface area contributed by atoms with Crippen molar-refractivity contribution in [2.45, 2.75) is 348 Å². The van der Waals surface area contributed by atoms with Crippen molar-refractivity contribution in [1.29, 1.82) is 0 Å². The number of unbranched alkanes of at least 4 members (excludes halogenated alkanes) is 37. The van der Waals surface area contributed by atoms with E-state index >= 15 is 0 Å². The number of ether oxygens (including phenoxy) is 3. The van der Waals surface area contributed by atoms with Crippen molar-refractivity contribution >= 4 is 17.9 Å². The Balaban J connectivity index is 4.30. The quantitative estimate of drug-likeness (QED) is 0.0261. The molecule has 0 aromatic rings. The third kappa shape index (κ3) is 65.3. The Morgan fingerprint density at radius 3 is 0.848 bits per heavy atom. The van der Waals surface area contributed by atoms with Gasteiger partial charge in [0.25, 0.3) is 0 Å². The molecule has 456 valence electrons. The Bertz CT molecular complexity index is 1500. The molecule has 0 aliphatic rings. The van der Waals surface area contributed by atoms with Gasteiger partial charge in [0.15, 0.2) is 6.10 Å². The van der Waals surface area contributed by atoms with E-state index in [0.717, 1.165) is 77.0 Å². The summed E-state index contributed by atoms with van der Waals surface area (Å²) in [7, 11) is 0. The summed E-state index contributed by atoms with van der Waals surface area (Å²) in [5.74, 6) is -0.966. The van der Waals surface area contributed by atoms with Crippen LogP contribution in [0.3, 0.4) is 0 Å². The van der Waals surface area contributed by atoms with Gasteiger partial charge in [0, 0.05) is 19.3 Å². The van der Waals surface area contributed by atoms with Crippen LogP contribution in [0.5, 0.6) is 0 Å². The minimum Gasteiger partial charge on any atom is -0.462 e. The van der Waals surface area contributed by atoms with E-state index < -0.39 is 6.10 Å². The highest BCUT2D eigenvalue weighted by Gasteiger charge is 2.19. The van der Waals surface area contributed by atoms with Crippen LogP contribution in [0.15, 0.2) is 85.1 Å². The van der Waals surface area contributed by atoms with Crippen LogP contribution in [-0.2, 0) is 28.6 Å². The fraction of sp³-hybridized carbons (Fsp3) is 0.767. The molecule has 0 radical (unpaired) electrons. The van der Waals surface area contributed by atoms with Gasteiger partial charge in [-0.05, 0) is 83.5 Å². The lowest BCUT2D eigenvalue weighted by molar-refractivity contribution is -0.166. The van der Waals surface area contributed by atoms with Crippen molar-refractivity contribution in [2.24, 2.45) is 0 Å². The fourth-order valence-electron chi connectivity index (χ4n) is 9.82. The third-order valence-corrected chi connectivity index (χ3v) is 14.9. The van der Waals surface area contributed by atoms with Gasteiger partial charge in [-0.3, -0.25) is 14.4 Å². The highest BCUT2D eigenvalue weighted by Crippen LogP contribution is 2.17. The number of carbonyl (C=O) groups excluding carboxylic acids is 3. The van der Waals surface area contributed by atoms with E-state index in [1.807, 2.05) is 6.08 Å². The van der Waals surface area contributed by atoms with Gasteiger partial charge in [-0.1, -0.05) is 324 Å². The summed E-state index contributed by atoms with van der Waals surface area (Å²) < 4.78 is 16.9. The molecule has 1 unspecified atom stereocenters. The zero-order valence-electron chi connectivity index (χ0n) is 52.4. The molecular formula is C73H128O6. The zero-order valence-corrected chi connectivity index (χ0v) is 52.4. The van der Waals surface area contributed by atoms with E-state index in [1.54, 1.807) is 0 Å². The topological polar surface area (TPSA) is 78.9 Å². The van der Waals surface area contributed by atoms with Crippen LogP contribution in [0.2, 0.25) is 0 Å². The molecule has 0 saturated carbocycles. The molecule has 0 spiro atoms. The summed E-state index contributed by atoms with van der Waals surface area (Å²) in [6, 6.07) is 0. The number of hydrogen-bond acceptors (Lipinski definition) is 6. The predicted octanol–water partition coefficient (Wildman–Crippen LogP) is 23.4. The average molecular weight is 1100 g/mol. The van der Waals surface area contributed by atoms with E-state index in [0.29, 0.717) is 19.3 Å². The number of rotatable bonds is 62. The maximum absolute atomic E-state index is 12.9. The molecular weight excluding hydrogens is 973 g/mol. The van der Waals surface area contributed by atoms with Crippen molar-refractivity contribution in [3.05, 3.63) is 85.1 Å². The summed E-state index contributed by atoms with van der Waals surface area (Å²) in [5.41, 5.74) is 0. The van der Waals surface area contributed by atoms with Crippen LogP contribution in [0.25, 0.3) is 0 Å². The van der Waals surface area contributed by atoms with Crippen LogP contribution < -0.4 is 0 Å². The summed E-state index contributed by atoms with van der Waals surface area (Å²) >= 11 is 0. The molecule has 0 aromatic carbocycles. The number of allylic oxidation sites excluding steroid dienone is 14. The molecule has 1 atom stereocenters. The Kier molecular flexibility index (Phi) is 64.2. The van der Waals surface area contributed by atoms with E-state index in [4.69, 9.17) is 14.2 Å². The van der Waals surface area contributed by atoms with Gasteiger partial charge in [-0.25, -0.2) is 0 Å². The number of esters is 3. The van der Waals surface area contributed by atoms with Crippen molar-refractivity contribution in [1.82, 2.24) is 0 Å². The first kappa shape index (κ1) is 75.6. The largest absolute Gasteiger partial charge is 0.462 e. The molecule has 6 nitrogen and oxygen atoms in total. The standard InChI is InChI=1S/C73H128O6/c1-4-7-10-13-16-19-22-25-27-29-31-33-34-35-36-37-38-40-41-43-45-48-51-54-57-60-63-66-72(75)78-69-70(68-77-71(74)65-62-59-56-53-50-47-24-21-18-15-12-9-6-3)79-73(76)67-64-61-58-55-52-49-46-44-42-39-32-30-28-26-23-20-17-14-11-8-5-2/h9,12,18,21-22,25,29,31,34-35,47,50,56,59,70H,4-8,10-11,13-17,19-20,23-24,26-28,30,32-33,36-46,48-49,51-55,57-58,60-69H2,1-3H3/b12-9-,21-18-,25-22-,31-29-,35-34-,50-47-,59-56-. The maximum atomic E-state index is 12.9. The number of carbonyl (C=O) groups is 3. The van der Waals surface area contributed by atoms with Gasteiger partial charge < -0.3 is 14.2 Å². The smallest absolute Gasteiger partial charge is 0.306 e. The van der Waals surface area contributed by atoms with Gasteiger partial charge in [0.2, 0.25) is 0 Å².